The van der Waals surface area contributed by atoms with E-state index in [0.29, 0.717) is 54.8 Å². The highest BCUT2D eigenvalue weighted by Gasteiger charge is 2.30. The van der Waals surface area contributed by atoms with Gasteiger partial charge in [-0.25, -0.2) is 0 Å². The fourth-order valence-corrected chi connectivity index (χ4v) is 4.96. The second-order valence-corrected chi connectivity index (χ2v) is 9.63. The van der Waals surface area contributed by atoms with Crippen LogP contribution in [0.3, 0.4) is 0 Å². The van der Waals surface area contributed by atoms with Gasteiger partial charge in [-0.2, -0.15) is 13.2 Å². The van der Waals surface area contributed by atoms with Crippen LogP contribution in [0.5, 0.6) is 5.75 Å². The van der Waals surface area contributed by atoms with Crippen molar-refractivity contribution in [1.29, 1.82) is 0 Å². The van der Waals surface area contributed by atoms with Crippen LogP contribution < -0.4 is 4.74 Å². The summed E-state index contributed by atoms with van der Waals surface area (Å²) in [6, 6.07) is 12.7. The zero-order valence-corrected chi connectivity index (χ0v) is 20.1. The maximum Gasteiger partial charge on any atom is 0.416 e. The zero-order chi connectivity index (χ0) is 24.3. The smallest absolute Gasteiger partial charge is 0.416 e. The summed E-state index contributed by atoms with van der Waals surface area (Å²) in [6.45, 7) is 5.00. The minimum atomic E-state index is -4.35. The molecule has 1 aliphatic rings. The molecule has 0 N–H and O–H groups in total. The monoisotopic (exact) mass is 508 g/mol. The summed E-state index contributed by atoms with van der Waals surface area (Å²) < 4.78 is 44.7. The highest BCUT2D eigenvalue weighted by atomic mass is 35.5. The lowest BCUT2D eigenvalue weighted by molar-refractivity contribution is -0.137. The molecule has 0 unspecified atom stereocenters. The largest absolute Gasteiger partial charge is 0.489 e. The molecule has 2 heterocycles. The molecule has 9 heteroatoms. The molecule has 180 valence electrons. The van der Waals surface area contributed by atoms with Crippen LogP contribution in [-0.4, -0.2) is 41.9 Å². The molecule has 1 aromatic heterocycles. The Bertz CT molecular complexity index is 1160. The van der Waals surface area contributed by atoms with Gasteiger partial charge < -0.3 is 9.64 Å². The number of hydrogen-bond acceptors (Lipinski definition) is 4. The molecule has 4 nitrogen and oxygen atoms in total. The molecule has 0 atom stereocenters. The first kappa shape index (κ1) is 24.6. The average Bonchev–Trinajstić information content (AvgIpc) is 3.27. The van der Waals surface area contributed by atoms with Gasteiger partial charge in [0.15, 0.2) is 0 Å². The lowest BCUT2D eigenvalue weighted by atomic mass is 10.1. The first-order chi connectivity index (χ1) is 16.2. The Balaban J connectivity index is 1.29. The Hall–Kier alpha value is -2.55. The van der Waals surface area contributed by atoms with E-state index in [4.69, 9.17) is 16.3 Å². The molecule has 4 rings (SSSR count). The number of benzene rings is 2. The van der Waals surface area contributed by atoms with Crippen LogP contribution in [0.15, 0.2) is 53.9 Å². The fourth-order valence-electron chi connectivity index (χ4n) is 3.87. The van der Waals surface area contributed by atoms with Crippen molar-refractivity contribution in [1.82, 2.24) is 9.80 Å². The molecule has 34 heavy (non-hydrogen) atoms. The Morgan fingerprint density at radius 1 is 1.06 bits per heavy atom. The molecule has 0 aliphatic carbocycles. The molecular weight excluding hydrogens is 485 g/mol. The molecule has 0 spiro atoms. The van der Waals surface area contributed by atoms with Gasteiger partial charge in [-0.3, -0.25) is 9.69 Å². The standard InChI is InChI=1S/C25H24ClF3N2O2S/c1-17-11-21(26)5-6-22(17)33-15-19-13-23(34-16-19)24(32)31-9-7-30(8-10-31)14-18-3-2-4-20(12-18)25(27,28)29/h2-6,11-13,16H,7-10,14-15H2,1H3. The maximum absolute atomic E-state index is 12.9. The first-order valence-electron chi connectivity index (χ1n) is 10.8. The second kappa shape index (κ2) is 10.4. The van der Waals surface area contributed by atoms with E-state index in [1.165, 1.54) is 23.5 Å². The molecule has 1 aliphatic heterocycles. The third-order valence-corrected chi connectivity index (χ3v) is 6.92. The number of carbonyl (C=O) groups is 1. The van der Waals surface area contributed by atoms with Crippen LogP contribution >= 0.6 is 22.9 Å². The zero-order valence-electron chi connectivity index (χ0n) is 18.6. The average molecular weight is 509 g/mol. The van der Waals surface area contributed by atoms with Crippen LogP contribution in [-0.2, 0) is 19.3 Å². The van der Waals surface area contributed by atoms with Crippen LogP contribution in [0.1, 0.15) is 31.9 Å². The summed E-state index contributed by atoms with van der Waals surface area (Å²) >= 11 is 7.37. The summed E-state index contributed by atoms with van der Waals surface area (Å²) in [5.74, 6) is 0.720. The number of alkyl halides is 3. The van der Waals surface area contributed by atoms with Gasteiger partial charge in [0, 0.05) is 43.3 Å². The molecule has 1 saturated heterocycles. The van der Waals surface area contributed by atoms with Crippen molar-refractivity contribution >= 4 is 28.8 Å². The van der Waals surface area contributed by atoms with Crippen LogP contribution in [0.25, 0.3) is 0 Å². The number of rotatable bonds is 6. The van der Waals surface area contributed by atoms with Gasteiger partial charge in [0.2, 0.25) is 0 Å². The van der Waals surface area contributed by atoms with E-state index in [9.17, 15) is 18.0 Å². The summed E-state index contributed by atoms with van der Waals surface area (Å²) in [6.07, 6.45) is -4.35. The third-order valence-electron chi connectivity index (χ3n) is 5.72. The predicted octanol–water partition coefficient (Wildman–Crippen LogP) is 6.27. The predicted molar refractivity (Wildman–Crippen MR) is 127 cm³/mol. The second-order valence-electron chi connectivity index (χ2n) is 8.28. The summed E-state index contributed by atoms with van der Waals surface area (Å²) in [5, 5.41) is 2.57. The van der Waals surface area contributed by atoms with Crippen LogP contribution in [0.4, 0.5) is 13.2 Å². The number of hydrogen-bond donors (Lipinski definition) is 0. The van der Waals surface area contributed by atoms with Gasteiger partial charge in [0.25, 0.3) is 5.91 Å². The van der Waals surface area contributed by atoms with Gasteiger partial charge in [0.1, 0.15) is 12.4 Å². The Morgan fingerprint density at radius 2 is 1.82 bits per heavy atom. The number of ether oxygens (including phenoxy) is 1. The van der Waals surface area contributed by atoms with Crippen molar-refractivity contribution in [3.05, 3.63) is 86.1 Å². The number of amides is 1. The van der Waals surface area contributed by atoms with E-state index < -0.39 is 11.7 Å². The highest BCUT2D eigenvalue weighted by molar-refractivity contribution is 7.12. The lowest BCUT2D eigenvalue weighted by Gasteiger charge is -2.34. The summed E-state index contributed by atoms with van der Waals surface area (Å²) in [5.41, 5.74) is 1.85. The van der Waals surface area contributed by atoms with E-state index in [-0.39, 0.29) is 5.91 Å². The number of nitrogens with zero attached hydrogens (tertiary/aromatic N) is 2. The Kier molecular flexibility index (Phi) is 7.50. The minimum Gasteiger partial charge on any atom is -0.489 e. The number of thiophene rings is 1. The van der Waals surface area contributed by atoms with Gasteiger partial charge in [0.05, 0.1) is 10.4 Å². The molecule has 3 aromatic rings. The molecule has 0 bridgehead atoms. The lowest BCUT2D eigenvalue weighted by Crippen LogP contribution is -2.48. The maximum atomic E-state index is 12.9. The van der Waals surface area contributed by atoms with Crippen LogP contribution in [0.2, 0.25) is 5.02 Å². The van der Waals surface area contributed by atoms with E-state index >= 15 is 0 Å². The number of carbonyl (C=O) groups excluding carboxylic acids is 1. The van der Waals surface area contributed by atoms with Crippen molar-refractivity contribution < 1.29 is 22.7 Å². The van der Waals surface area contributed by atoms with Gasteiger partial charge in [-0.05, 0) is 53.8 Å². The van der Waals surface area contributed by atoms with Gasteiger partial charge in [-0.1, -0.05) is 29.8 Å². The molecule has 2 aromatic carbocycles. The topological polar surface area (TPSA) is 32.8 Å². The first-order valence-corrected chi connectivity index (χ1v) is 12.1. The third kappa shape index (κ3) is 6.11. The molecular formula is C25H24ClF3N2O2S. The minimum absolute atomic E-state index is 0.0300. The molecule has 1 fully saturated rings. The summed E-state index contributed by atoms with van der Waals surface area (Å²) in [7, 11) is 0. The Morgan fingerprint density at radius 3 is 2.53 bits per heavy atom. The van der Waals surface area contributed by atoms with E-state index in [1.807, 2.05) is 30.5 Å². The van der Waals surface area contributed by atoms with E-state index in [0.717, 1.165) is 22.9 Å². The molecule has 0 radical (unpaired) electrons. The van der Waals surface area contributed by atoms with Crippen molar-refractivity contribution in [3.63, 3.8) is 0 Å². The number of halogens is 4. The van der Waals surface area contributed by atoms with Gasteiger partial charge >= 0.3 is 6.18 Å². The highest BCUT2D eigenvalue weighted by Crippen LogP contribution is 2.30. The quantitative estimate of drug-likeness (QED) is 0.393. The Labute approximate surface area is 205 Å². The van der Waals surface area contributed by atoms with Crippen molar-refractivity contribution in [3.8, 4) is 5.75 Å². The number of aryl methyl sites for hydroxylation is 1. The number of piperazine rings is 1. The SMILES string of the molecule is Cc1cc(Cl)ccc1OCc1csc(C(=O)N2CCN(Cc3cccc(C(F)(F)F)c3)CC2)c1. The normalized spacial score (nSPS) is 14.9. The van der Waals surface area contributed by atoms with E-state index in [1.54, 1.807) is 17.0 Å². The van der Waals surface area contributed by atoms with Crippen molar-refractivity contribution in [2.24, 2.45) is 0 Å². The van der Waals surface area contributed by atoms with Gasteiger partial charge in [-0.15, -0.1) is 11.3 Å². The fraction of sp³-hybridized carbons (Fsp3) is 0.320. The molecule has 0 saturated carbocycles. The van der Waals surface area contributed by atoms with Crippen molar-refractivity contribution in [2.75, 3.05) is 26.2 Å². The van der Waals surface area contributed by atoms with E-state index in [2.05, 4.69) is 4.90 Å². The van der Waals surface area contributed by atoms with Crippen LogP contribution in [0, 0.1) is 6.92 Å². The summed E-state index contributed by atoms with van der Waals surface area (Å²) in [4.78, 5) is 17.5. The molecule has 1 amide bonds. The van der Waals surface area contributed by atoms with Crippen molar-refractivity contribution in [2.45, 2.75) is 26.3 Å².